The fourth-order valence-electron chi connectivity index (χ4n) is 4.07. The molecule has 1 heterocycles. The molecule has 7 heteroatoms. The summed E-state index contributed by atoms with van der Waals surface area (Å²) in [7, 11) is 0. The van der Waals surface area contributed by atoms with Crippen molar-refractivity contribution in [2.45, 2.75) is 50.2 Å². The van der Waals surface area contributed by atoms with Gasteiger partial charge in [0.25, 0.3) is 5.91 Å². The van der Waals surface area contributed by atoms with Crippen molar-refractivity contribution in [1.29, 1.82) is 0 Å². The topological polar surface area (TPSA) is 82.0 Å². The molecule has 0 aromatic heterocycles. The number of anilines is 2. The molecule has 1 aliphatic carbocycles. The molecule has 4 rings (SSSR count). The van der Waals surface area contributed by atoms with Crippen molar-refractivity contribution in [2.75, 3.05) is 10.4 Å². The smallest absolute Gasteiger partial charge is 0.303 e. The first kappa shape index (κ1) is 21.4. The molecule has 6 nitrogen and oxygen atoms in total. The average molecular weight is 438 g/mol. The molecule has 0 radical (unpaired) electrons. The first-order valence-corrected chi connectivity index (χ1v) is 11.7. The first-order valence-electron chi connectivity index (χ1n) is 10.8. The number of aryl methyl sites for hydroxylation is 1. The van der Waals surface area contributed by atoms with Crippen LogP contribution in [-0.4, -0.2) is 27.4 Å². The minimum absolute atomic E-state index is 0.0152. The number of aliphatic carboxylic acids is 1. The molecule has 2 aromatic carbocycles. The number of nitrogens with zero attached hydrogens (tertiary/aromatic N) is 2. The average Bonchev–Trinajstić information content (AvgIpc) is 3.03. The number of hydrazine groups is 1. The summed E-state index contributed by atoms with van der Waals surface area (Å²) >= 11 is 1.69. The molecule has 2 N–H and O–H groups in total. The van der Waals surface area contributed by atoms with Crippen LogP contribution in [0.2, 0.25) is 0 Å². The van der Waals surface area contributed by atoms with Gasteiger partial charge in [0.1, 0.15) is 0 Å². The van der Waals surface area contributed by atoms with Gasteiger partial charge in [-0.25, -0.2) is 5.01 Å². The van der Waals surface area contributed by atoms with Crippen molar-refractivity contribution in [3.05, 3.63) is 60.2 Å². The lowest BCUT2D eigenvalue weighted by atomic mass is 9.99. The minimum atomic E-state index is -0.805. The highest BCUT2D eigenvalue weighted by molar-refractivity contribution is 8.14. The number of nitrogens with one attached hydrogen (secondary N) is 1. The number of carboxylic acid groups (broad SMARTS) is 1. The van der Waals surface area contributed by atoms with E-state index in [2.05, 4.69) is 10.4 Å². The number of aliphatic imine (C=N–C) groups is 1. The van der Waals surface area contributed by atoms with Gasteiger partial charge in [0, 0.05) is 11.7 Å². The van der Waals surface area contributed by atoms with Gasteiger partial charge in [-0.15, -0.1) is 0 Å². The molecule has 0 spiro atoms. The number of carbonyl (C=O) groups is 2. The minimum Gasteiger partial charge on any atom is -0.481 e. The van der Waals surface area contributed by atoms with E-state index in [4.69, 9.17) is 5.11 Å². The van der Waals surface area contributed by atoms with Crippen molar-refractivity contribution in [3.63, 3.8) is 0 Å². The van der Waals surface area contributed by atoms with Gasteiger partial charge in [-0.1, -0.05) is 61.4 Å². The fourth-order valence-corrected chi connectivity index (χ4v) is 5.44. The Morgan fingerprint density at radius 3 is 2.55 bits per heavy atom. The summed E-state index contributed by atoms with van der Waals surface area (Å²) < 4.78 is 0. The summed E-state index contributed by atoms with van der Waals surface area (Å²) in [6.07, 6.45) is 5.98. The van der Waals surface area contributed by atoms with Gasteiger partial charge in [0.05, 0.1) is 17.3 Å². The van der Waals surface area contributed by atoms with Gasteiger partial charge in [-0.3, -0.25) is 15.0 Å². The highest BCUT2D eigenvalue weighted by Gasteiger charge is 2.37. The maximum Gasteiger partial charge on any atom is 0.303 e. The zero-order chi connectivity index (χ0) is 21.6. The van der Waals surface area contributed by atoms with Crippen LogP contribution in [-0.2, 0) is 16.0 Å². The van der Waals surface area contributed by atoms with Gasteiger partial charge in [0.2, 0.25) is 0 Å². The highest BCUT2D eigenvalue weighted by Crippen LogP contribution is 2.38. The predicted octanol–water partition coefficient (Wildman–Crippen LogP) is 5.12. The third-order valence-electron chi connectivity index (χ3n) is 5.76. The SMILES string of the molecule is O=C(O)CCc1ccc(N(Nc2ccccc2)C2=NC(=O)C3CCCCCC3S2)cc1. The van der Waals surface area contributed by atoms with Crippen LogP contribution in [0.5, 0.6) is 0 Å². The lowest BCUT2D eigenvalue weighted by molar-refractivity contribution is -0.137. The molecule has 1 fully saturated rings. The second-order valence-corrected chi connectivity index (χ2v) is 9.21. The van der Waals surface area contributed by atoms with Gasteiger partial charge >= 0.3 is 5.97 Å². The maximum atomic E-state index is 12.9. The second-order valence-electron chi connectivity index (χ2n) is 8.01. The molecule has 2 atom stereocenters. The number of amides is 1. The molecule has 1 saturated carbocycles. The Balaban J connectivity index is 1.61. The number of hydrogen-bond acceptors (Lipinski definition) is 5. The Bertz CT molecular complexity index is 946. The van der Waals surface area contributed by atoms with E-state index in [1.807, 2.05) is 59.6 Å². The van der Waals surface area contributed by atoms with E-state index in [1.54, 1.807) is 11.8 Å². The van der Waals surface area contributed by atoms with Crippen molar-refractivity contribution < 1.29 is 14.7 Å². The highest BCUT2D eigenvalue weighted by atomic mass is 32.2. The maximum absolute atomic E-state index is 12.9. The number of thioether (sulfide) groups is 1. The molecule has 1 amide bonds. The van der Waals surface area contributed by atoms with E-state index in [0.717, 1.165) is 42.6 Å². The summed E-state index contributed by atoms with van der Waals surface area (Å²) in [4.78, 5) is 28.2. The number of fused-ring (bicyclic) bond motifs is 1. The molecule has 31 heavy (non-hydrogen) atoms. The van der Waals surface area contributed by atoms with E-state index in [9.17, 15) is 9.59 Å². The summed E-state index contributed by atoms with van der Waals surface area (Å²) in [6.45, 7) is 0. The number of hydrogen-bond donors (Lipinski definition) is 2. The zero-order valence-electron chi connectivity index (χ0n) is 17.4. The molecular weight excluding hydrogens is 410 g/mol. The van der Waals surface area contributed by atoms with Crippen molar-refractivity contribution in [3.8, 4) is 0 Å². The molecule has 0 saturated heterocycles. The van der Waals surface area contributed by atoms with E-state index in [-0.39, 0.29) is 23.5 Å². The lowest BCUT2D eigenvalue weighted by Crippen LogP contribution is -2.41. The second kappa shape index (κ2) is 10.0. The number of rotatable bonds is 6. The predicted molar refractivity (Wildman–Crippen MR) is 125 cm³/mol. The normalized spacial score (nSPS) is 20.9. The number of benzene rings is 2. The van der Waals surface area contributed by atoms with Crippen LogP contribution in [0.4, 0.5) is 11.4 Å². The van der Waals surface area contributed by atoms with Crippen molar-refractivity contribution >= 4 is 40.2 Å². The molecule has 1 aliphatic heterocycles. The van der Waals surface area contributed by atoms with Crippen LogP contribution < -0.4 is 10.4 Å². The Hall–Kier alpha value is -2.80. The third-order valence-corrected chi connectivity index (χ3v) is 7.11. The Morgan fingerprint density at radius 1 is 1.06 bits per heavy atom. The molecule has 2 aromatic rings. The van der Waals surface area contributed by atoms with Crippen LogP contribution in [0.25, 0.3) is 0 Å². The molecule has 2 aliphatic rings. The molecular formula is C24H27N3O3S. The van der Waals surface area contributed by atoms with Crippen molar-refractivity contribution in [2.24, 2.45) is 10.9 Å². The monoisotopic (exact) mass is 437 g/mol. The van der Waals surface area contributed by atoms with E-state index >= 15 is 0 Å². The lowest BCUT2D eigenvalue weighted by Gasteiger charge is -2.33. The van der Waals surface area contributed by atoms with Crippen LogP contribution in [0, 0.1) is 5.92 Å². The Morgan fingerprint density at radius 2 is 1.81 bits per heavy atom. The molecule has 2 unspecified atom stereocenters. The Kier molecular flexibility index (Phi) is 6.92. The zero-order valence-corrected chi connectivity index (χ0v) is 18.2. The summed E-state index contributed by atoms with van der Waals surface area (Å²) in [5.41, 5.74) is 6.12. The number of para-hydroxylation sites is 1. The molecule has 162 valence electrons. The number of carboxylic acids is 1. The quantitative estimate of drug-likeness (QED) is 0.611. The first-order chi connectivity index (χ1) is 15.1. The summed E-state index contributed by atoms with van der Waals surface area (Å²) in [5.74, 6) is -0.798. The van der Waals surface area contributed by atoms with Gasteiger partial charge in [-0.2, -0.15) is 4.99 Å². The fraction of sp³-hybridized carbons (Fsp3) is 0.375. The van der Waals surface area contributed by atoms with Crippen LogP contribution in [0.1, 0.15) is 44.1 Å². The van der Waals surface area contributed by atoms with Crippen LogP contribution >= 0.6 is 11.8 Å². The third kappa shape index (κ3) is 5.47. The summed E-state index contributed by atoms with van der Waals surface area (Å²) in [5, 5.41) is 11.7. The molecule has 0 bridgehead atoms. The van der Waals surface area contributed by atoms with E-state index in [1.165, 1.54) is 6.42 Å². The van der Waals surface area contributed by atoms with Crippen molar-refractivity contribution in [1.82, 2.24) is 0 Å². The summed E-state index contributed by atoms with van der Waals surface area (Å²) in [6, 6.07) is 17.6. The Labute approximate surface area is 186 Å². The standard InChI is InChI=1S/C24H27N3O3S/c28-22(29)16-13-17-11-14-19(15-12-17)27(26-18-7-3-1-4-8-18)24-25-23(30)20-9-5-2-6-10-21(20)31-24/h1,3-4,7-8,11-12,14-15,20-21,26H,2,5-6,9-10,13,16H2,(H,28,29). The number of carbonyl (C=O) groups excluding carboxylic acids is 1. The van der Waals surface area contributed by atoms with Gasteiger partial charge in [-0.05, 0) is 49.1 Å². The van der Waals surface area contributed by atoms with Gasteiger partial charge < -0.3 is 5.11 Å². The van der Waals surface area contributed by atoms with E-state index < -0.39 is 5.97 Å². The largest absolute Gasteiger partial charge is 0.481 e. The van der Waals surface area contributed by atoms with E-state index in [0.29, 0.717) is 11.6 Å². The van der Waals surface area contributed by atoms with Crippen LogP contribution in [0.15, 0.2) is 59.6 Å². The van der Waals surface area contributed by atoms with Crippen LogP contribution in [0.3, 0.4) is 0 Å². The number of amidine groups is 1. The van der Waals surface area contributed by atoms with Gasteiger partial charge in [0.15, 0.2) is 5.17 Å².